The van der Waals surface area contributed by atoms with Crippen LogP contribution < -0.4 is 15.8 Å². The Kier molecular flexibility index (Phi) is 4.46. The summed E-state index contributed by atoms with van der Waals surface area (Å²) in [5, 5.41) is 3.91. The van der Waals surface area contributed by atoms with Gasteiger partial charge in [-0.3, -0.25) is 0 Å². The van der Waals surface area contributed by atoms with E-state index >= 15 is 0 Å². The number of nitrogens with zero attached hydrogens (tertiary/aromatic N) is 2. The van der Waals surface area contributed by atoms with Crippen molar-refractivity contribution >= 4 is 23.5 Å². The maximum Gasteiger partial charge on any atom is 0.223 e. The minimum absolute atomic E-state index is 0.260. The van der Waals surface area contributed by atoms with Gasteiger partial charge in [-0.25, -0.2) is 4.98 Å². The van der Waals surface area contributed by atoms with Gasteiger partial charge in [0.15, 0.2) is 0 Å². The fourth-order valence-electron chi connectivity index (χ4n) is 1.58. The molecular formula is C13H16N4OS. The van der Waals surface area contributed by atoms with E-state index in [0.717, 1.165) is 28.0 Å². The number of anilines is 2. The summed E-state index contributed by atoms with van der Waals surface area (Å²) in [6.07, 6.45) is 0. The maximum absolute atomic E-state index is 5.71. The number of para-hydroxylation sites is 1. The molecule has 0 aliphatic carbocycles. The highest BCUT2D eigenvalue weighted by atomic mass is 32.2. The van der Waals surface area contributed by atoms with Gasteiger partial charge < -0.3 is 15.8 Å². The van der Waals surface area contributed by atoms with Crippen LogP contribution in [0.5, 0.6) is 5.75 Å². The number of hydrogen-bond donors (Lipinski definition) is 2. The van der Waals surface area contributed by atoms with E-state index in [9.17, 15) is 0 Å². The molecule has 1 aromatic carbocycles. The van der Waals surface area contributed by atoms with Crippen LogP contribution in [0.25, 0.3) is 0 Å². The number of methoxy groups -OCH3 is 1. The fourth-order valence-corrected chi connectivity index (χ4v) is 2.52. The van der Waals surface area contributed by atoms with E-state index in [2.05, 4.69) is 15.3 Å². The quantitative estimate of drug-likeness (QED) is 0.818. The van der Waals surface area contributed by atoms with Crippen molar-refractivity contribution in [3.8, 4) is 5.75 Å². The Morgan fingerprint density at radius 2 is 2.11 bits per heavy atom. The van der Waals surface area contributed by atoms with E-state index < -0.39 is 0 Å². The first kappa shape index (κ1) is 13.5. The summed E-state index contributed by atoms with van der Waals surface area (Å²) in [5.41, 5.74) is 5.71. The first-order valence-corrected chi connectivity index (χ1v) is 6.74. The Morgan fingerprint density at radius 1 is 1.32 bits per heavy atom. The van der Waals surface area contributed by atoms with Gasteiger partial charge in [0, 0.05) is 12.6 Å². The summed E-state index contributed by atoms with van der Waals surface area (Å²) in [4.78, 5) is 9.33. The Bertz CT molecular complexity index is 562. The van der Waals surface area contributed by atoms with Gasteiger partial charge in [0.05, 0.1) is 12.0 Å². The van der Waals surface area contributed by atoms with Crippen molar-refractivity contribution in [2.75, 3.05) is 24.7 Å². The largest absolute Gasteiger partial charge is 0.496 e. The van der Waals surface area contributed by atoms with Crippen molar-refractivity contribution in [3.05, 3.63) is 30.3 Å². The molecule has 2 rings (SSSR count). The van der Waals surface area contributed by atoms with Crippen LogP contribution >= 0.6 is 11.8 Å². The molecule has 0 fully saturated rings. The molecule has 1 aromatic heterocycles. The molecule has 0 aliphatic heterocycles. The van der Waals surface area contributed by atoms with Crippen molar-refractivity contribution in [2.24, 2.45) is 0 Å². The van der Waals surface area contributed by atoms with Crippen molar-refractivity contribution < 1.29 is 4.74 Å². The zero-order chi connectivity index (χ0) is 13.7. The van der Waals surface area contributed by atoms with Gasteiger partial charge in [-0.15, -0.1) is 0 Å². The average molecular weight is 276 g/mol. The third-order valence-corrected chi connectivity index (χ3v) is 3.34. The second-order valence-electron chi connectivity index (χ2n) is 3.73. The van der Waals surface area contributed by atoms with Crippen molar-refractivity contribution in [3.63, 3.8) is 0 Å². The normalized spacial score (nSPS) is 10.2. The Morgan fingerprint density at radius 3 is 2.84 bits per heavy atom. The number of nitrogens with two attached hydrogens (primary N) is 1. The highest BCUT2D eigenvalue weighted by Crippen LogP contribution is 2.34. The Balaban J connectivity index is 2.27. The summed E-state index contributed by atoms with van der Waals surface area (Å²) >= 11 is 1.50. The molecule has 0 radical (unpaired) electrons. The lowest BCUT2D eigenvalue weighted by Crippen LogP contribution is -2.03. The summed E-state index contributed by atoms with van der Waals surface area (Å²) in [6, 6.07) is 9.66. The Hall–Kier alpha value is -1.95. The molecule has 0 saturated heterocycles. The molecule has 0 unspecified atom stereocenters. The standard InChI is InChI=1S/C13H16N4OS/c1-3-15-11-8-12(17-13(14)16-11)19-10-7-5-4-6-9(10)18-2/h4-8H,3H2,1-2H3,(H3,14,15,16,17). The summed E-state index contributed by atoms with van der Waals surface area (Å²) in [6.45, 7) is 2.79. The molecule has 0 aliphatic rings. The van der Waals surface area contributed by atoms with Crippen LogP contribution in [0.2, 0.25) is 0 Å². The molecule has 0 amide bonds. The molecule has 1 heterocycles. The summed E-state index contributed by atoms with van der Waals surface area (Å²) in [7, 11) is 1.65. The number of hydrogen-bond acceptors (Lipinski definition) is 6. The molecule has 2 aromatic rings. The Labute approximate surface area is 116 Å². The second-order valence-corrected chi connectivity index (χ2v) is 4.80. The molecule has 5 nitrogen and oxygen atoms in total. The number of nitrogens with one attached hydrogen (secondary N) is 1. The number of benzene rings is 1. The van der Waals surface area contributed by atoms with E-state index in [1.165, 1.54) is 11.8 Å². The third kappa shape index (κ3) is 3.51. The van der Waals surface area contributed by atoms with Crippen molar-refractivity contribution in [2.45, 2.75) is 16.8 Å². The zero-order valence-electron chi connectivity index (χ0n) is 10.9. The molecule has 0 atom stereocenters. The van der Waals surface area contributed by atoms with Gasteiger partial charge in [-0.05, 0) is 19.1 Å². The van der Waals surface area contributed by atoms with Crippen molar-refractivity contribution in [1.82, 2.24) is 9.97 Å². The van der Waals surface area contributed by atoms with Crippen molar-refractivity contribution in [1.29, 1.82) is 0 Å². The average Bonchev–Trinajstić information content (AvgIpc) is 2.39. The van der Waals surface area contributed by atoms with E-state index in [0.29, 0.717) is 0 Å². The predicted molar refractivity (Wildman–Crippen MR) is 77.7 cm³/mol. The maximum atomic E-state index is 5.71. The number of aromatic nitrogens is 2. The predicted octanol–water partition coefficient (Wildman–Crippen LogP) is 2.65. The smallest absolute Gasteiger partial charge is 0.223 e. The highest BCUT2D eigenvalue weighted by molar-refractivity contribution is 7.99. The first-order chi connectivity index (χ1) is 9.22. The first-order valence-electron chi connectivity index (χ1n) is 5.92. The lowest BCUT2D eigenvalue weighted by molar-refractivity contribution is 0.405. The molecule has 0 bridgehead atoms. The minimum Gasteiger partial charge on any atom is -0.496 e. The summed E-state index contributed by atoms with van der Waals surface area (Å²) < 4.78 is 5.31. The molecule has 100 valence electrons. The monoisotopic (exact) mass is 276 g/mol. The van der Waals surface area contributed by atoms with Crippen LogP contribution in [0.15, 0.2) is 40.3 Å². The van der Waals surface area contributed by atoms with Crippen LogP contribution in [-0.2, 0) is 0 Å². The van der Waals surface area contributed by atoms with Gasteiger partial charge in [0.1, 0.15) is 16.6 Å². The molecule has 19 heavy (non-hydrogen) atoms. The van der Waals surface area contributed by atoms with Gasteiger partial charge in [0.2, 0.25) is 5.95 Å². The SMILES string of the molecule is CCNc1cc(Sc2ccccc2OC)nc(N)n1. The third-order valence-electron chi connectivity index (χ3n) is 2.36. The van der Waals surface area contributed by atoms with Crippen LogP contribution in [0.1, 0.15) is 6.92 Å². The van der Waals surface area contributed by atoms with Gasteiger partial charge >= 0.3 is 0 Å². The van der Waals surface area contributed by atoms with E-state index in [-0.39, 0.29) is 5.95 Å². The molecular weight excluding hydrogens is 260 g/mol. The lowest BCUT2D eigenvalue weighted by atomic mass is 10.3. The molecule has 6 heteroatoms. The van der Waals surface area contributed by atoms with Crippen LogP contribution in [-0.4, -0.2) is 23.6 Å². The van der Waals surface area contributed by atoms with Crippen LogP contribution in [0.3, 0.4) is 0 Å². The van der Waals surface area contributed by atoms with Gasteiger partial charge in [0.25, 0.3) is 0 Å². The topological polar surface area (TPSA) is 73.1 Å². The lowest BCUT2D eigenvalue weighted by Gasteiger charge is -2.09. The zero-order valence-corrected chi connectivity index (χ0v) is 11.7. The second kappa shape index (κ2) is 6.29. The van der Waals surface area contributed by atoms with Crippen LogP contribution in [0.4, 0.5) is 11.8 Å². The number of ether oxygens (including phenoxy) is 1. The van der Waals surface area contributed by atoms with Crippen LogP contribution in [0, 0.1) is 0 Å². The van der Waals surface area contributed by atoms with Gasteiger partial charge in [-0.2, -0.15) is 4.98 Å². The molecule has 0 saturated carbocycles. The van der Waals surface area contributed by atoms with E-state index in [1.54, 1.807) is 7.11 Å². The number of nitrogen functional groups attached to an aromatic ring is 1. The van der Waals surface area contributed by atoms with E-state index in [4.69, 9.17) is 10.5 Å². The van der Waals surface area contributed by atoms with Gasteiger partial charge in [-0.1, -0.05) is 23.9 Å². The highest BCUT2D eigenvalue weighted by Gasteiger charge is 2.07. The van der Waals surface area contributed by atoms with E-state index in [1.807, 2.05) is 37.3 Å². The fraction of sp³-hybridized carbons (Fsp3) is 0.231. The summed E-state index contributed by atoms with van der Waals surface area (Å²) in [5.74, 6) is 1.80. The molecule has 0 spiro atoms. The number of rotatable bonds is 5. The molecule has 3 N–H and O–H groups in total. The minimum atomic E-state index is 0.260.